The van der Waals surface area contributed by atoms with Crippen LogP contribution in [0.2, 0.25) is 0 Å². The van der Waals surface area contributed by atoms with Gasteiger partial charge in [-0.15, -0.1) is 0 Å². The van der Waals surface area contributed by atoms with Crippen molar-refractivity contribution in [3.8, 4) is 11.5 Å². The van der Waals surface area contributed by atoms with E-state index in [1.165, 1.54) is 12.0 Å². The summed E-state index contributed by atoms with van der Waals surface area (Å²) < 4.78 is 11.6. The molecule has 5 nitrogen and oxygen atoms in total. The molecule has 1 atom stereocenters. The van der Waals surface area contributed by atoms with Gasteiger partial charge in [0.15, 0.2) is 0 Å². The molecule has 1 aromatic heterocycles. The highest BCUT2D eigenvalue weighted by atomic mass is 16.5. The van der Waals surface area contributed by atoms with Crippen LogP contribution in [0.3, 0.4) is 0 Å². The lowest BCUT2D eigenvalue weighted by Crippen LogP contribution is -2.32. The van der Waals surface area contributed by atoms with Gasteiger partial charge >= 0.3 is 0 Å². The van der Waals surface area contributed by atoms with Crippen molar-refractivity contribution >= 4 is 5.91 Å². The van der Waals surface area contributed by atoms with Crippen molar-refractivity contribution in [1.82, 2.24) is 9.88 Å². The van der Waals surface area contributed by atoms with Gasteiger partial charge in [-0.05, 0) is 56.2 Å². The maximum Gasteiger partial charge on any atom is 0.228 e. The summed E-state index contributed by atoms with van der Waals surface area (Å²) in [6.45, 7) is 7.78. The van der Waals surface area contributed by atoms with E-state index in [1.54, 1.807) is 4.90 Å². The van der Waals surface area contributed by atoms with Crippen LogP contribution in [0.25, 0.3) is 11.5 Å². The zero-order valence-electron chi connectivity index (χ0n) is 17.5. The molecule has 1 unspecified atom stereocenters. The van der Waals surface area contributed by atoms with Crippen LogP contribution in [0, 0.1) is 6.92 Å². The molecule has 1 aliphatic heterocycles. The van der Waals surface area contributed by atoms with Crippen molar-refractivity contribution in [2.24, 2.45) is 0 Å². The highest BCUT2D eigenvalue weighted by Crippen LogP contribution is 2.24. The average Bonchev–Trinajstić information content (AvgIpc) is 3.07. The third-order valence-corrected chi connectivity index (χ3v) is 5.52. The SMILES string of the molecule is Cc1oc(-c2ccc(C(C)C)cc2)nc1CC(=O)N(C)CCC1CCCCO1. The third-order valence-electron chi connectivity index (χ3n) is 5.52. The van der Waals surface area contributed by atoms with E-state index in [0.717, 1.165) is 31.4 Å². The molecule has 1 aliphatic rings. The molecular weight excluding hydrogens is 352 g/mol. The van der Waals surface area contributed by atoms with Gasteiger partial charge in [-0.2, -0.15) is 0 Å². The summed E-state index contributed by atoms with van der Waals surface area (Å²) in [6.07, 6.45) is 4.93. The van der Waals surface area contributed by atoms with Gasteiger partial charge in [0.05, 0.1) is 18.2 Å². The standard InChI is InChI=1S/C23H32N2O3/c1-16(2)18-8-10-19(11-9-18)23-24-21(17(3)28-23)15-22(26)25(4)13-12-20-7-5-6-14-27-20/h8-11,16,20H,5-7,12-15H2,1-4H3. The van der Waals surface area contributed by atoms with Gasteiger partial charge in [0.2, 0.25) is 11.8 Å². The number of hydrogen-bond acceptors (Lipinski definition) is 4. The number of ether oxygens (including phenoxy) is 1. The van der Waals surface area contributed by atoms with E-state index in [-0.39, 0.29) is 18.4 Å². The van der Waals surface area contributed by atoms with Gasteiger partial charge < -0.3 is 14.1 Å². The van der Waals surface area contributed by atoms with E-state index < -0.39 is 0 Å². The first-order chi connectivity index (χ1) is 13.4. The molecule has 1 fully saturated rings. The van der Waals surface area contributed by atoms with Gasteiger partial charge in [0.1, 0.15) is 5.76 Å². The molecule has 2 heterocycles. The molecule has 5 heteroatoms. The molecular formula is C23H32N2O3. The summed E-state index contributed by atoms with van der Waals surface area (Å²) in [5.41, 5.74) is 2.94. The lowest BCUT2D eigenvalue weighted by molar-refractivity contribution is -0.129. The third kappa shape index (κ3) is 5.22. The van der Waals surface area contributed by atoms with Gasteiger partial charge in [-0.25, -0.2) is 4.98 Å². The molecule has 0 N–H and O–H groups in total. The Morgan fingerprint density at radius 1 is 1.25 bits per heavy atom. The Morgan fingerprint density at radius 3 is 2.64 bits per heavy atom. The second-order valence-corrected chi connectivity index (χ2v) is 8.07. The predicted octanol–water partition coefficient (Wildman–Crippen LogP) is 4.73. The Balaban J connectivity index is 1.58. The minimum absolute atomic E-state index is 0.0638. The van der Waals surface area contributed by atoms with Crippen molar-refractivity contribution in [2.75, 3.05) is 20.2 Å². The van der Waals surface area contributed by atoms with Crippen molar-refractivity contribution in [3.05, 3.63) is 41.3 Å². The second kappa shape index (κ2) is 9.37. The summed E-state index contributed by atoms with van der Waals surface area (Å²) in [4.78, 5) is 19.0. The number of oxazole rings is 1. The molecule has 152 valence electrons. The Bertz CT molecular complexity index is 774. The van der Waals surface area contributed by atoms with Crippen molar-refractivity contribution in [3.63, 3.8) is 0 Å². The van der Waals surface area contributed by atoms with Gasteiger partial charge in [-0.1, -0.05) is 26.0 Å². The highest BCUT2D eigenvalue weighted by Gasteiger charge is 2.19. The fraction of sp³-hybridized carbons (Fsp3) is 0.565. The molecule has 2 aromatic rings. The molecule has 1 amide bonds. The van der Waals surface area contributed by atoms with E-state index >= 15 is 0 Å². The predicted molar refractivity (Wildman–Crippen MR) is 110 cm³/mol. The summed E-state index contributed by atoms with van der Waals surface area (Å²) in [6, 6.07) is 8.27. The van der Waals surface area contributed by atoms with Crippen LogP contribution in [0.1, 0.15) is 62.5 Å². The van der Waals surface area contributed by atoms with Gasteiger partial charge in [-0.3, -0.25) is 4.79 Å². The molecule has 0 saturated carbocycles. The number of likely N-dealkylation sites (N-methyl/N-ethyl adjacent to an activating group) is 1. The highest BCUT2D eigenvalue weighted by molar-refractivity contribution is 5.78. The van der Waals surface area contributed by atoms with E-state index in [4.69, 9.17) is 9.15 Å². The maximum atomic E-state index is 12.6. The van der Waals surface area contributed by atoms with E-state index in [2.05, 4.69) is 31.0 Å². The number of benzene rings is 1. The summed E-state index contributed by atoms with van der Waals surface area (Å²) in [5, 5.41) is 0. The van der Waals surface area contributed by atoms with Crippen LogP contribution >= 0.6 is 0 Å². The normalized spacial score (nSPS) is 17.1. The summed E-state index contributed by atoms with van der Waals surface area (Å²) in [5.74, 6) is 1.84. The van der Waals surface area contributed by atoms with E-state index in [0.29, 0.717) is 29.8 Å². The van der Waals surface area contributed by atoms with E-state index in [9.17, 15) is 4.79 Å². The molecule has 0 spiro atoms. The molecule has 3 rings (SSSR count). The Kier molecular flexibility index (Phi) is 6.89. The number of nitrogens with zero attached hydrogens (tertiary/aromatic N) is 2. The van der Waals surface area contributed by atoms with Crippen LogP contribution in [-0.2, 0) is 16.0 Å². The number of carbonyl (C=O) groups is 1. The monoisotopic (exact) mass is 384 g/mol. The van der Waals surface area contributed by atoms with Crippen LogP contribution in [0.15, 0.2) is 28.7 Å². The Hall–Kier alpha value is -2.14. The van der Waals surface area contributed by atoms with Crippen molar-refractivity contribution in [2.45, 2.75) is 64.9 Å². The first kappa shape index (κ1) is 20.6. The Morgan fingerprint density at radius 2 is 2.00 bits per heavy atom. The fourth-order valence-corrected chi connectivity index (χ4v) is 3.50. The van der Waals surface area contributed by atoms with Gasteiger partial charge in [0.25, 0.3) is 0 Å². The zero-order valence-corrected chi connectivity index (χ0v) is 17.5. The molecule has 1 saturated heterocycles. The van der Waals surface area contributed by atoms with Crippen LogP contribution in [0.4, 0.5) is 0 Å². The quantitative estimate of drug-likeness (QED) is 0.692. The minimum atomic E-state index is 0.0638. The number of aryl methyl sites for hydroxylation is 1. The smallest absolute Gasteiger partial charge is 0.228 e. The van der Waals surface area contributed by atoms with Crippen LogP contribution < -0.4 is 0 Å². The lowest BCUT2D eigenvalue weighted by Gasteiger charge is -2.25. The summed E-state index contributed by atoms with van der Waals surface area (Å²) in [7, 11) is 1.85. The van der Waals surface area contributed by atoms with Crippen molar-refractivity contribution < 1.29 is 13.9 Å². The first-order valence-corrected chi connectivity index (χ1v) is 10.4. The number of hydrogen-bond donors (Lipinski definition) is 0. The number of amides is 1. The van der Waals surface area contributed by atoms with E-state index in [1.807, 2.05) is 26.1 Å². The minimum Gasteiger partial charge on any atom is -0.441 e. The lowest BCUT2D eigenvalue weighted by atomic mass is 10.0. The topological polar surface area (TPSA) is 55.6 Å². The molecule has 28 heavy (non-hydrogen) atoms. The number of carbonyl (C=O) groups excluding carboxylic acids is 1. The number of aromatic nitrogens is 1. The fourth-order valence-electron chi connectivity index (χ4n) is 3.50. The molecule has 0 bridgehead atoms. The van der Waals surface area contributed by atoms with Crippen molar-refractivity contribution in [1.29, 1.82) is 0 Å². The van der Waals surface area contributed by atoms with Crippen LogP contribution in [0.5, 0.6) is 0 Å². The maximum absolute atomic E-state index is 12.6. The first-order valence-electron chi connectivity index (χ1n) is 10.4. The molecule has 0 aliphatic carbocycles. The summed E-state index contributed by atoms with van der Waals surface area (Å²) >= 11 is 0. The average molecular weight is 385 g/mol. The Labute approximate surface area is 168 Å². The zero-order chi connectivity index (χ0) is 20.1. The second-order valence-electron chi connectivity index (χ2n) is 8.07. The van der Waals surface area contributed by atoms with Crippen LogP contribution in [-0.4, -0.2) is 42.1 Å². The largest absolute Gasteiger partial charge is 0.441 e. The van der Waals surface area contributed by atoms with Gasteiger partial charge in [0, 0.05) is 25.8 Å². The molecule has 0 radical (unpaired) electrons. The number of rotatable bonds is 7. The molecule has 1 aromatic carbocycles.